The van der Waals surface area contributed by atoms with E-state index in [1.165, 1.54) is 22.3 Å². The Kier molecular flexibility index (Phi) is 13.0. The van der Waals surface area contributed by atoms with E-state index < -0.39 is 16.9 Å². The van der Waals surface area contributed by atoms with Crippen molar-refractivity contribution < 1.29 is 9.05 Å². The maximum atomic E-state index is 7.60. The Balaban J connectivity index is 1.04. The van der Waals surface area contributed by atoms with Gasteiger partial charge in [-0.2, -0.15) is 0 Å². The number of anilines is 4. The van der Waals surface area contributed by atoms with Gasteiger partial charge in [0.15, 0.2) is 0 Å². The zero-order valence-electron chi connectivity index (χ0n) is 36.8. The second-order valence-electron chi connectivity index (χ2n) is 16.7. The molecule has 0 radical (unpaired) electrons. The third-order valence-electron chi connectivity index (χ3n) is 12.2. The summed E-state index contributed by atoms with van der Waals surface area (Å²) in [5, 5.41) is 0. The van der Waals surface area contributed by atoms with Gasteiger partial charge in [0.25, 0.3) is 0 Å². The standard InChI is InChI=1S/C57H54N4O2P2/c1-44(62-64-58(50-35-19-7-20-36-50)54(46-27-11-3-12-28-46)55(47-29-13-4-14-30-47)59(64)51-37-21-8-22-38-51)43-45(2)63-65-60(52-39-23-9-24-40-52)56(48-31-15-5-16-32-48)57(49-33-17-6-18-34-49)61(65)53-41-25-10-26-42-53/h3-42,44-45,54-57H,43H2,1-2H3/t44-,45-,54?,55?,56?,57?,64?,65?/m0/s1. The molecule has 2 saturated heterocycles. The minimum Gasteiger partial charge on any atom is -0.319 e. The van der Waals surface area contributed by atoms with Crippen LogP contribution in [0.15, 0.2) is 243 Å². The SMILES string of the molecule is C[C@@H](C[C@H](C)OP1N(c2ccccc2)C(c2ccccc2)C(c2ccccc2)N1c1ccccc1)OP1N(c2ccccc2)C(c2ccccc2)C(c2ccccc2)N1c1ccccc1. The largest absolute Gasteiger partial charge is 0.319 e. The van der Waals surface area contributed by atoms with Gasteiger partial charge in [0.1, 0.15) is 0 Å². The predicted molar refractivity (Wildman–Crippen MR) is 272 cm³/mol. The fourth-order valence-corrected chi connectivity index (χ4v) is 14.4. The molecule has 2 aliphatic rings. The molecule has 8 aromatic rings. The molecule has 8 heteroatoms. The lowest BCUT2D eigenvalue weighted by Crippen LogP contribution is -2.26. The number of hydrogen-bond donors (Lipinski definition) is 0. The molecule has 65 heavy (non-hydrogen) atoms. The van der Waals surface area contributed by atoms with Crippen LogP contribution in [0.25, 0.3) is 0 Å². The second kappa shape index (κ2) is 19.9. The van der Waals surface area contributed by atoms with Crippen molar-refractivity contribution in [3.05, 3.63) is 265 Å². The van der Waals surface area contributed by atoms with Gasteiger partial charge in [0.05, 0.1) is 36.4 Å². The molecule has 0 aromatic heterocycles. The van der Waals surface area contributed by atoms with Gasteiger partial charge in [-0.1, -0.05) is 194 Å². The molecule has 8 aromatic carbocycles. The van der Waals surface area contributed by atoms with Crippen LogP contribution in [0.4, 0.5) is 22.7 Å². The van der Waals surface area contributed by atoms with Crippen molar-refractivity contribution in [3.8, 4) is 0 Å². The van der Waals surface area contributed by atoms with Crippen molar-refractivity contribution in [2.24, 2.45) is 0 Å². The number of hydrogen-bond acceptors (Lipinski definition) is 6. The van der Waals surface area contributed by atoms with Gasteiger partial charge in [-0.25, -0.2) is 0 Å². The molecule has 6 atom stereocenters. The van der Waals surface area contributed by atoms with Gasteiger partial charge in [0.2, 0.25) is 16.9 Å². The first-order valence-electron chi connectivity index (χ1n) is 22.6. The minimum atomic E-state index is -1.41. The van der Waals surface area contributed by atoms with Crippen LogP contribution in [0.1, 0.15) is 66.7 Å². The highest BCUT2D eigenvalue weighted by molar-refractivity contribution is 7.57. The van der Waals surface area contributed by atoms with E-state index >= 15 is 0 Å². The van der Waals surface area contributed by atoms with Crippen molar-refractivity contribution in [1.82, 2.24) is 0 Å². The zero-order chi connectivity index (χ0) is 44.0. The van der Waals surface area contributed by atoms with Crippen LogP contribution in [-0.2, 0) is 9.05 Å². The van der Waals surface area contributed by atoms with Crippen LogP contribution in [0.3, 0.4) is 0 Å². The molecule has 2 fully saturated rings. The molecule has 2 heterocycles. The molecule has 10 rings (SSSR count). The summed E-state index contributed by atoms with van der Waals surface area (Å²) in [5.74, 6) is 0. The molecule has 324 valence electrons. The molecule has 0 spiro atoms. The van der Waals surface area contributed by atoms with E-state index in [0.717, 1.165) is 22.7 Å². The highest BCUT2D eigenvalue weighted by Crippen LogP contribution is 2.69. The van der Waals surface area contributed by atoms with E-state index in [4.69, 9.17) is 9.05 Å². The maximum Gasteiger partial charge on any atom is 0.250 e. The van der Waals surface area contributed by atoms with Gasteiger partial charge >= 0.3 is 0 Å². The van der Waals surface area contributed by atoms with Gasteiger partial charge in [-0.3, -0.25) is 0 Å². The van der Waals surface area contributed by atoms with Gasteiger partial charge in [-0.15, -0.1) is 0 Å². The van der Waals surface area contributed by atoms with Crippen molar-refractivity contribution in [2.75, 3.05) is 18.7 Å². The van der Waals surface area contributed by atoms with E-state index in [1.54, 1.807) is 0 Å². The molecular weight excluding hydrogens is 835 g/mol. The minimum absolute atomic E-state index is 0.0289. The first-order chi connectivity index (χ1) is 32.1. The number of nitrogens with zero attached hydrogens (tertiary/aromatic N) is 4. The van der Waals surface area contributed by atoms with E-state index in [9.17, 15) is 0 Å². The molecule has 0 bridgehead atoms. The molecule has 0 N–H and O–H groups in total. The third-order valence-corrected chi connectivity index (χ3v) is 16.7. The average Bonchev–Trinajstić information content (AvgIpc) is 3.89. The normalized spacial score (nSPS) is 21.6. The molecular formula is C57H54N4O2P2. The summed E-state index contributed by atoms with van der Waals surface area (Å²) in [5.41, 5.74) is 9.52. The Labute approximate surface area is 387 Å². The van der Waals surface area contributed by atoms with Crippen molar-refractivity contribution in [2.45, 2.75) is 56.6 Å². The van der Waals surface area contributed by atoms with Gasteiger partial charge in [0, 0.05) is 29.2 Å². The van der Waals surface area contributed by atoms with E-state index in [-0.39, 0.29) is 36.4 Å². The van der Waals surface area contributed by atoms with Crippen LogP contribution in [0.2, 0.25) is 0 Å². The average molecular weight is 889 g/mol. The summed E-state index contributed by atoms with van der Waals surface area (Å²) in [4.78, 5) is 0. The van der Waals surface area contributed by atoms with Crippen molar-refractivity contribution in [1.29, 1.82) is 0 Å². The maximum absolute atomic E-state index is 7.60. The van der Waals surface area contributed by atoms with E-state index in [0.29, 0.717) is 6.42 Å². The molecule has 6 nitrogen and oxygen atoms in total. The molecule has 2 aliphatic heterocycles. The third kappa shape index (κ3) is 8.93. The van der Waals surface area contributed by atoms with E-state index in [2.05, 4.69) is 275 Å². The monoisotopic (exact) mass is 888 g/mol. The highest BCUT2D eigenvalue weighted by atomic mass is 31.2. The fourth-order valence-electron chi connectivity index (χ4n) is 9.50. The van der Waals surface area contributed by atoms with Crippen LogP contribution in [0, 0.1) is 0 Å². The van der Waals surface area contributed by atoms with E-state index in [1.807, 2.05) is 0 Å². The Morgan fingerprint density at radius 2 is 0.492 bits per heavy atom. The number of para-hydroxylation sites is 4. The highest BCUT2D eigenvalue weighted by Gasteiger charge is 2.53. The smallest absolute Gasteiger partial charge is 0.250 e. The second-order valence-corrected chi connectivity index (χ2v) is 19.9. The number of rotatable bonds is 14. The van der Waals surface area contributed by atoms with Gasteiger partial charge < -0.3 is 27.7 Å². The van der Waals surface area contributed by atoms with Crippen LogP contribution in [-0.4, -0.2) is 12.2 Å². The Hall–Kier alpha value is -6.26. The summed E-state index contributed by atoms with van der Waals surface area (Å²) < 4.78 is 25.4. The quantitative estimate of drug-likeness (QED) is 0.101. The fraction of sp³-hybridized carbons (Fsp3) is 0.158. The molecule has 4 unspecified atom stereocenters. The Morgan fingerprint density at radius 1 is 0.308 bits per heavy atom. The first-order valence-corrected chi connectivity index (χ1v) is 25.0. The summed E-state index contributed by atoms with van der Waals surface area (Å²) in [7, 11) is -2.81. The topological polar surface area (TPSA) is 31.4 Å². The summed E-state index contributed by atoms with van der Waals surface area (Å²) in [6.07, 6.45) is 0.358. The molecule has 0 saturated carbocycles. The number of benzene rings is 8. The molecule has 0 amide bonds. The lowest BCUT2D eigenvalue weighted by atomic mass is 9.92. The predicted octanol–water partition coefficient (Wildman–Crippen LogP) is 15.7. The van der Waals surface area contributed by atoms with Crippen LogP contribution >= 0.6 is 16.9 Å². The summed E-state index contributed by atoms with van der Waals surface area (Å²) in [6.45, 7) is 4.46. The van der Waals surface area contributed by atoms with Crippen LogP contribution < -0.4 is 18.7 Å². The first kappa shape index (κ1) is 42.7. The van der Waals surface area contributed by atoms with Crippen molar-refractivity contribution in [3.63, 3.8) is 0 Å². The lowest BCUT2D eigenvalue weighted by Gasteiger charge is -2.36. The van der Waals surface area contributed by atoms with Gasteiger partial charge in [-0.05, 0) is 84.6 Å². The Morgan fingerprint density at radius 3 is 0.692 bits per heavy atom. The Bertz CT molecular complexity index is 2310. The van der Waals surface area contributed by atoms with Crippen LogP contribution in [0.5, 0.6) is 0 Å². The van der Waals surface area contributed by atoms with Crippen molar-refractivity contribution >= 4 is 39.6 Å². The molecule has 0 aliphatic carbocycles. The summed E-state index contributed by atoms with van der Waals surface area (Å²) >= 11 is 0. The summed E-state index contributed by atoms with van der Waals surface area (Å²) in [6, 6.07) is 87.0. The lowest BCUT2D eigenvalue weighted by molar-refractivity contribution is 0.150. The zero-order valence-corrected chi connectivity index (χ0v) is 38.6.